The molecular formula is C14H17NO5S. The van der Waals surface area contributed by atoms with Crippen molar-refractivity contribution in [3.63, 3.8) is 0 Å². The normalized spacial score (nSPS) is 12.3. The van der Waals surface area contributed by atoms with Crippen LogP contribution in [0.5, 0.6) is 0 Å². The summed E-state index contributed by atoms with van der Waals surface area (Å²) in [6, 6.07) is 7.69. The third-order valence-electron chi connectivity index (χ3n) is 2.75. The van der Waals surface area contributed by atoms with Crippen LogP contribution >= 0.6 is 0 Å². The first-order valence-corrected chi connectivity index (χ1v) is 7.69. The number of sulfone groups is 1. The van der Waals surface area contributed by atoms with Gasteiger partial charge in [-0.1, -0.05) is 18.2 Å². The summed E-state index contributed by atoms with van der Waals surface area (Å²) in [5.41, 5.74) is -1.12. The van der Waals surface area contributed by atoms with Gasteiger partial charge in [0.15, 0.2) is 9.84 Å². The van der Waals surface area contributed by atoms with Crippen molar-refractivity contribution in [3.05, 3.63) is 41.8 Å². The molecular weight excluding hydrogens is 294 g/mol. The van der Waals surface area contributed by atoms with Gasteiger partial charge in [0, 0.05) is 18.0 Å². The Balaban J connectivity index is 2.69. The van der Waals surface area contributed by atoms with E-state index in [1.807, 2.05) is 0 Å². The lowest BCUT2D eigenvalue weighted by Gasteiger charge is -2.18. The minimum Gasteiger partial charge on any atom is -0.481 e. The number of aliphatic carboxylic acids is 1. The Morgan fingerprint density at radius 1 is 1.24 bits per heavy atom. The molecule has 0 aliphatic heterocycles. The molecule has 0 aliphatic carbocycles. The van der Waals surface area contributed by atoms with Crippen LogP contribution in [-0.4, -0.2) is 31.9 Å². The quantitative estimate of drug-likeness (QED) is 0.769. The minimum atomic E-state index is -3.68. The van der Waals surface area contributed by atoms with Gasteiger partial charge in [-0.3, -0.25) is 9.59 Å². The van der Waals surface area contributed by atoms with Gasteiger partial charge in [0.2, 0.25) is 5.91 Å². The van der Waals surface area contributed by atoms with Gasteiger partial charge in [-0.05, 0) is 26.0 Å². The number of rotatable bonds is 6. The summed E-state index contributed by atoms with van der Waals surface area (Å²) in [7, 11) is -3.68. The van der Waals surface area contributed by atoms with E-state index < -0.39 is 27.1 Å². The molecule has 0 aliphatic rings. The van der Waals surface area contributed by atoms with Gasteiger partial charge in [0.25, 0.3) is 0 Å². The van der Waals surface area contributed by atoms with E-state index >= 15 is 0 Å². The van der Waals surface area contributed by atoms with Gasteiger partial charge >= 0.3 is 5.97 Å². The molecule has 0 heterocycles. The zero-order valence-electron chi connectivity index (χ0n) is 11.7. The zero-order valence-corrected chi connectivity index (χ0v) is 12.6. The van der Waals surface area contributed by atoms with Gasteiger partial charge in [-0.15, -0.1) is 0 Å². The van der Waals surface area contributed by atoms with E-state index in [0.29, 0.717) is 0 Å². The molecule has 2 N–H and O–H groups in total. The number of hydrogen-bond donors (Lipinski definition) is 2. The third kappa shape index (κ3) is 5.03. The smallest absolute Gasteiger partial charge is 0.310 e. The van der Waals surface area contributed by atoms with E-state index in [0.717, 1.165) is 11.5 Å². The van der Waals surface area contributed by atoms with Crippen LogP contribution in [0.2, 0.25) is 0 Å². The van der Waals surface area contributed by atoms with Crippen LogP contribution < -0.4 is 5.32 Å². The number of carbonyl (C=O) groups excluding carboxylic acids is 1. The fourth-order valence-electron chi connectivity index (χ4n) is 1.28. The monoisotopic (exact) mass is 311 g/mol. The number of carbonyl (C=O) groups is 2. The molecule has 0 fully saturated rings. The highest BCUT2D eigenvalue weighted by Gasteiger charge is 2.27. The highest BCUT2D eigenvalue weighted by atomic mass is 32.2. The zero-order chi connectivity index (χ0) is 16.1. The van der Waals surface area contributed by atoms with Crippen LogP contribution in [0.1, 0.15) is 13.8 Å². The molecule has 0 saturated carbocycles. The van der Waals surface area contributed by atoms with E-state index in [2.05, 4.69) is 5.32 Å². The van der Waals surface area contributed by atoms with Crippen LogP contribution in [0.25, 0.3) is 0 Å². The van der Waals surface area contributed by atoms with Crippen LogP contribution in [0.4, 0.5) is 0 Å². The summed E-state index contributed by atoms with van der Waals surface area (Å²) in [4.78, 5) is 22.5. The lowest BCUT2D eigenvalue weighted by Crippen LogP contribution is -2.38. The Bertz CT molecular complexity index is 647. The number of nitrogens with one attached hydrogen (secondary N) is 1. The van der Waals surface area contributed by atoms with Gasteiger partial charge in [0.05, 0.1) is 10.3 Å². The van der Waals surface area contributed by atoms with Crippen molar-refractivity contribution in [1.29, 1.82) is 0 Å². The minimum absolute atomic E-state index is 0.0833. The molecule has 21 heavy (non-hydrogen) atoms. The summed E-state index contributed by atoms with van der Waals surface area (Å²) in [5, 5.41) is 12.1. The van der Waals surface area contributed by atoms with Crippen molar-refractivity contribution in [1.82, 2.24) is 5.32 Å². The molecule has 0 aromatic heterocycles. The first kappa shape index (κ1) is 16.9. The first-order chi connectivity index (χ1) is 9.65. The highest BCUT2D eigenvalue weighted by molar-refractivity contribution is 7.94. The number of carboxylic acids is 1. The van der Waals surface area contributed by atoms with Gasteiger partial charge < -0.3 is 10.4 Å². The van der Waals surface area contributed by atoms with E-state index in [1.54, 1.807) is 18.2 Å². The number of hydrogen-bond acceptors (Lipinski definition) is 4. The number of benzene rings is 1. The molecule has 7 heteroatoms. The van der Waals surface area contributed by atoms with Crippen LogP contribution in [-0.2, 0) is 19.4 Å². The van der Waals surface area contributed by atoms with Crippen LogP contribution in [0, 0.1) is 5.41 Å². The second-order valence-corrected chi connectivity index (χ2v) is 6.90. The topological polar surface area (TPSA) is 101 Å². The molecule has 0 radical (unpaired) electrons. The van der Waals surface area contributed by atoms with Crippen molar-refractivity contribution in [2.24, 2.45) is 5.41 Å². The molecule has 114 valence electrons. The SMILES string of the molecule is CC(C)(CNC(=O)/C=C/S(=O)(=O)c1ccccc1)C(=O)O. The number of carboxylic acid groups (broad SMARTS) is 1. The standard InChI is InChI=1S/C14H17NO5S/c1-14(2,13(17)18)10-15-12(16)8-9-21(19,20)11-6-4-3-5-7-11/h3-9H,10H2,1-2H3,(H,15,16)(H,17,18)/b9-8+. The van der Waals surface area contributed by atoms with Crippen molar-refractivity contribution in [2.75, 3.05) is 6.54 Å². The second-order valence-electron chi connectivity index (χ2n) is 5.07. The second kappa shape index (κ2) is 6.53. The molecule has 1 aromatic carbocycles. The Hall–Kier alpha value is -2.15. The highest BCUT2D eigenvalue weighted by Crippen LogP contribution is 2.13. The van der Waals surface area contributed by atoms with Gasteiger partial charge in [-0.25, -0.2) is 8.42 Å². The lowest BCUT2D eigenvalue weighted by atomic mass is 9.94. The molecule has 0 spiro atoms. The summed E-state index contributed by atoms with van der Waals surface area (Å²) in [6.45, 7) is 2.82. The fraction of sp³-hybridized carbons (Fsp3) is 0.286. The van der Waals surface area contributed by atoms with Crippen LogP contribution in [0.15, 0.2) is 46.7 Å². The van der Waals surface area contributed by atoms with Crippen molar-refractivity contribution in [2.45, 2.75) is 18.7 Å². The summed E-state index contributed by atoms with van der Waals surface area (Å²) in [5.74, 6) is -1.72. The summed E-state index contributed by atoms with van der Waals surface area (Å²) >= 11 is 0. The Labute approximate surface area is 123 Å². The average molecular weight is 311 g/mol. The molecule has 0 unspecified atom stereocenters. The fourth-order valence-corrected chi connectivity index (χ4v) is 2.28. The average Bonchev–Trinajstić information content (AvgIpc) is 2.44. The van der Waals surface area contributed by atoms with Crippen molar-refractivity contribution >= 4 is 21.7 Å². The maximum atomic E-state index is 11.9. The van der Waals surface area contributed by atoms with Crippen molar-refractivity contribution < 1.29 is 23.1 Å². The molecule has 1 rings (SSSR count). The molecule has 0 bridgehead atoms. The lowest BCUT2D eigenvalue weighted by molar-refractivity contribution is -0.146. The van der Waals surface area contributed by atoms with E-state index in [4.69, 9.17) is 5.11 Å². The van der Waals surface area contributed by atoms with Crippen LogP contribution in [0.3, 0.4) is 0 Å². The maximum absolute atomic E-state index is 11.9. The molecule has 6 nitrogen and oxygen atoms in total. The predicted octanol–water partition coefficient (Wildman–Crippen LogP) is 1.20. The molecule has 0 atom stereocenters. The molecule has 1 amide bonds. The van der Waals surface area contributed by atoms with E-state index in [-0.39, 0.29) is 11.4 Å². The number of amides is 1. The van der Waals surface area contributed by atoms with Gasteiger partial charge in [-0.2, -0.15) is 0 Å². The van der Waals surface area contributed by atoms with E-state index in [1.165, 1.54) is 26.0 Å². The van der Waals surface area contributed by atoms with Gasteiger partial charge in [0.1, 0.15) is 0 Å². The van der Waals surface area contributed by atoms with Crippen molar-refractivity contribution in [3.8, 4) is 0 Å². The van der Waals surface area contributed by atoms with E-state index in [9.17, 15) is 18.0 Å². The Morgan fingerprint density at radius 3 is 2.33 bits per heavy atom. The first-order valence-electron chi connectivity index (χ1n) is 6.14. The Morgan fingerprint density at radius 2 is 1.81 bits per heavy atom. The maximum Gasteiger partial charge on any atom is 0.310 e. The molecule has 1 aromatic rings. The molecule has 0 saturated heterocycles. The predicted molar refractivity (Wildman–Crippen MR) is 77.2 cm³/mol. The largest absolute Gasteiger partial charge is 0.481 e. The Kier molecular flexibility index (Phi) is 5.26. The summed E-state index contributed by atoms with van der Waals surface area (Å²) < 4.78 is 23.8. The third-order valence-corrected chi connectivity index (χ3v) is 4.18. The summed E-state index contributed by atoms with van der Waals surface area (Å²) in [6.07, 6.45) is 0.875.